The number of hydrogen-bond donors (Lipinski definition) is 2. The van der Waals surface area contributed by atoms with Crippen molar-refractivity contribution < 1.29 is 10.0 Å². The molecule has 0 spiro atoms. The first-order chi connectivity index (χ1) is 9.13. The smallest absolute Gasteiger partial charge is 0.225 e. The maximum absolute atomic E-state index is 12.5. The van der Waals surface area contributed by atoms with E-state index in [0.717, 1.165) is 45.1 Å². The summed E-state index contributed by atoms with van der Waals surface area (Å²) in [7, 11) is 0. The highest BCUT2D eigenvalue weighted by Gasteiger charge is 2.29. The number of amidine groups is 1. The highest BCUT2D eigenvalue weighted by atomic mass is 16.4. The second kappa shape index (κ2) is 8.02. The molecule has 1 fully saturated rings. The van der Waals surface area contributed by atoms with Gasteiger partial charge in [0.05, 0.1) is 0 Å². The van der Waals surface area contributed by atoms with Crippen LogP contribution in [0.15, 0.2) is 5.16 Å². The molecule has 1 saturated heterocycles. The van der Waals surface area contributed by atoms with Gasteiger partial charge in [-0.2, -0.15) is 0 Å². The van der Waals surface area contributed by atoms with E-state index < -0.39 is 0 Å². The molecule has 5 nitrogen and oxygen atoms in total. The molecule has 0 aromatic carbocycles. The molecule has 1 unspecified atom stereocenters. The molecule has 0 radical (unpaired) electrons. The number of likely N-dealkylation sites (tertiary alicyclic amines) is 1. The third-order valence-corrected chi connectivity index (χ3v) is 3.89. The van der Waals surface area contributed by atoms with Crippen molar-refractivity contribution in [2.45, 2.75) is 52.4 Å². The number of hydrogen-bond acceptors (Lipinski definition) is 3. The number of amides is 1. The van der Waals surface area contributed by atoms with E-state index in [-0.39, 0.29) is 23.6 Å². The third-order valence-electron chi connectivity index (χ3n) is 3.89. The number of piperidine rings is 1. The van der Waals surface area contributed by atoms with Crippen LogP contribution in [-0.2, 0) is 4.79 Å². The highest BCUT2D eigenvalue weighted by Crippen LogP contribution is 2.22. The Morgan fingerprint density at radius 3 is 2.58 bits per heavy atom. The molecule has 5 heteroatoms. The summed E-state index contributed by atoms with van der Waals surface area (Å²) in [6.45, 7) is 5.63. The molecule has 0 bridgehead atoms. The van der Waals surface area contributed by atoms with Gasteiger partial charge in [0.2, 0.25) is 5.91 Å². The first-order valence-electron chi connectivity index (χ1n) is 7.40. The van der Waals surface area contributed by atoms with Gasteiger partial charge in [-0.25, -0.2) is 0 Å². The Kier molecular flexibility index (Phi) is 6.67. The Morgan fingerprint density at radius 1 is 1.42 bits per heavy atom. The molecule has 0 aliphatic carbocycles. The Balaban J connectivity index is 2.64. The normalized spacial score (nSPS) is 20.9. The van der Waals surface area contributed by atoms with Gasteiger partial charge in [-0.05, 0) is 25.7 Å². The van der Waals surface area contributed by atoms with Gasteiger partial charge in [-0.15, -0.1) is 0 Å². The monoisotopic (exact) mass is 269 g/mol. The van der Waals surface area contributed by atoms with Crippen LogP contribution >= 0.6 is 0 Å². The molecular weight excluding hydrogens is 242 g/mol. The quantitative estimate of drug-likeness (QED) is 0.336. The summed E-state index contributed by atoms with van der Waals surface area (Å²) in [5.74, 6) is 0.645. The largest absolute Gasteiger partial charge is 0.409 e. The van der Waals surface area contributed by atoms with Gasteiger partial charge in [0, 0.05) is 24.9 Å². The van der Waals surface area contributed by atoms with Crippen LogP contribution in [0.3, 0.4) is 0 Å². The summed E-state index contributed by atoms with van der Waals surface area (Å²) in [4.78, 5) is 14.4. The van der Waals surface area contributed by atoms with Gasteiger partial charge >= 0.3 is 0 Å². The van der Waals surface area contributed by atoms with Crippen LogP contribution in [0.25, 0.3) is 0 Å². The van der Waals surface area contributed by atoms with Crippen molar-refractivity contribution in [1.82, 2.24) is 4.90 Å². The van der Waals surface area contributed by atoms with E-state index in [1.165, 1.54) is 0 Å². The number of nitrogens with zero attached hydrogens (tertiary/aromatic N) is 2. The predicted octanol–water partition coefficient (Wildman–Crippen LogP) is 2.19. The van der Waals surface area contributed by atoms with Crippen LogP contribution in [0.1, 0.15) is 52.4 Å². The van der Waals surface area contributed by atoms with E-state index in [4.69, 9.17) is 10.9 Å². The molecule has 3 N–H and O–H groups in total. The van der Waals surface area contributed by atoms with Crippen LogP contribution in [0.2, 0.25) is 0 Å². The maximum atomic E-state index is 12.5. The summed E-state index contributed by atoms with van der Waals surface area (Å²) < 4.78 is 0. The summed E-state index contributed by atoms with van der Waals surface area (Å²) in [5, 5.41) is 11.8. The summed E-state index contributed by atoms with van der Waals surface area (Å²) >= 11 is 0. The molecule has 1 atom stereocenters. The number of carbonyl (C=O) groups excluding carboxylic acids is 1. The van der Waals surface area contributed by atoms with E-state index in [2.05, 4.69) is 19.0 Å². The summed E-state index contributed by atoms with van der Waals surface area (Å²) in [5.41, 5.74) is 5.67. The fraction of sp³-hybridized carbons (Fsp3) is 0.857. The molecule has 0 aromatic heterocycles. The lowest BCUT2D eigenvalue weighted by Crippen LogP contribution is -2.46. The van der Waals surface area contributed by atoms with Crippen LogP contribution in [0, 0.1) is 11.8 Å². The predicted molar refractivity (Wildman–Crippen MR) is 76.0 cm³/mol. The maximum Gasteiger partial charge on any atom is 0.225 e. The van der Waals surface area contributed by atoms with Crippen LogP contribution in [0.4, 0.5) is 0 Å². The zero-order valence-electron chi connectivity index (χ0n) is 12.1. The Bertz CT molecular complexity index is 312. The fourth-order valence-electron chi connectivity index (χ4n) is 2.85. The number of oxime groups is 1. The van der Waals surface area contributed by atoms with Gasteiger partial charge in [0.15, 0.2) is 0 Å². The van der Waals surface area contributed by atoms with E-state index in [9.17, 15) is 4.79 Å². The average Bonchev–Trinajstić information content (AvgIpc) is 2.45. The zero-order chi connectivity index (χ0) is 14.3. The van der Waals surface area contributed by atoms with Crippen molar-refractivity contribution in [2.24, 2.45) is 22.7 Å². The van der Waals surface area contributed by atoms with Crippen molar-refractivity contribution in [1.29, 1.82) is 0 Å². The van der Waals surface area contributed by atoms with Crippen molar-refractivity contribution in [3.05, 3.63) is 0 Å². The average molecular weight is 269 g/mol. The second-order valence-electron chi connectivity index (χ2n) is 5.42. The second-order valence-corrected chi connectivity index (χ2v) is 5.42. The van der Waals surface area contributed by atoms with E-state index in [1.807, 2.05) is 4.90 Å². The zero-order valence-corrected chi connectivity index (χ0v) is 12.1. The molecule has 1 aliphatic rings. The first-order valence-corrected chi connectivity index (χ1v) is 7.40. The number of carbonyl (C=O) groups is 1. The third kappa shape index (κ3) is 4.40. The molecular formula is C14H27N3O2. The lowest BCUT2D eigenvalue weighted by atomic mass is 9.92. The Morgan fingerprint density at radius 2 is 2.05 bits per heavy atom. The van der Waals surface area contributed by atoms with Crippen LogP contribution in [0.5, 0.6) is 0 Å². The molecule has 19 heavy (non-hydrogen) atoms. The standard InChI is InChI=1S/C14H27N3O2/c1-3-6-11(7-4-2)14(18)17-9-5-8-12(10-17)13(15)16-19/h11-12,19H,3-10H2,1-2H3,(H2,15,16). The summed E-state index contributed by atoms with van der Waals surface area (Å²) in [6, 6.07) is 0. The van der Waals surface area contributed by atoms with E-state index in [1.54, 1.807) is 0 Å². The van der Waals surface area contributed by atoms with Crippen molar-refractivity contribution in [3.8, 4) is 0 Å². The molecule has 0 aromatic rings. The van der Waals surface area contributed by atoms with Gasteiger partial charge in [0.1, 0.15) is 5.84 Å². The molecule has 1 heterocycles. The minimum atomic E-state index is 0.00611. The minimum Gasteiger partial charge on any atom is -0.409 e. The highest BCUT2D eigenvalue weighted by molar-refractivity contribution is 5.84. The lowest BCUT2D eigenvalue weighted by Gasteiger charge is -2.34. The van der Waals surface area contributed by atoms with Gasteiger partial charge in [-0.1, -0.05) is 31.8 Å². The van der Waals surface area contributed by atoms with Crippen molar-refractivity contribution in [2.75, 3.05) is 13.1 Å². The lowest BCUT2D eigenvalue weighted by molar-refractivity contribution is -0.137. The Labute approximate surface area is 115 Å². The van der Waals surface area contributed by atoms with Gasteiger partial charge < -0.3 is 15.8 Å². The molecule has 0 saturated carbocycles. The molecule has 110 valence electrons. The topological polar surface area (TPSA) is 78.9 Å². The van der Waals surface area contributed by atoms with Crippen LogP contribution < -0.4 is 5.73 Å². The molecule has 1 amide bonds. The SMILES string of the molecule is CCCC(CCC)C(=O)N1CCCC(C(N)=NO)C1. The molecule has 1 aliphatic heterocycles. The first kappa shape index (κ1) is 15.8. The number of rotatable bonds is 6. The van der Waals surface area contributed by atoms with E-state index in [0.29, 0.717) is 6.54 Å². The van der Waals surface area contributed by atoms with Crippen molar-refractivity contribution in [3.63, 3.8) is 0 Å². The van der Waals surface area contributed by atoms with Gasteiger partial charge in [0.25, 0.3) is 0 Å². The fourth-order valence-corrected chi connectivity index (χ4v) is 2.85. The van der Waals surface area contributed by atoms with Crippen LogP contribution in [-0.4, -0.2) is 34.9 Å². The molecule has 1 rings (SSSR count). The van der Waals surface area contributed by atoms with Gasteiger partial charge in [-0.3, -0.25) is 4.79 Å². The summed E-state index contributed by atoms with van der Waals surface area (Å²) in [6.07, 6.45) is 5.81. The number of nitrogens with two attached hydrogens (primary N) is 1. The van der Waals surface area contributed by atoms with E-state index >= 15 is 0 Å². The minimum absolute atomic E-state index is 0.00611. The van der Waals surface area contributed by atoms with Crippen molar-refractivity contribution >= 4 is 11.7 Å². The Hall–Kier alpha value is -1.26.